The molecule has 0 bridgehead atoms. The molecule has 32 heavy (non-hydrogen) atoms. The average Bonchev–Trinajstić information content (AvgIpc) is 3.10. The molecule has 0 radical (unpaired) electrons. The number of carboxylic acid groups (broad SMARTS) is 1. The standard InChI is InChI=1S/C23H24F2N2O5/c24-23(25,21(29)30)14-27-20(28)11-5-6-12-26-22(31)32-13-19-17-9-3-1-7-15(17)16-8-2-4-10-18(16)19/h1-4,7-10,19H,5-6,11-14H2,(H,26,31)(H,27,28)(H,29,30). The van der Waals surface area contributed by atoms with Crippen LogP contribution in [0.1, 0.15) is 36.3 Å². The molecule has 0 saturated carbocycles. The second-order valence-electron chi connectivity index (χ2n) is 7.50. The summed E-state index contributed by atoms with van der Waals surface area (Å²) in [5.74, 6) is -7.00. The van der Waals surface area contributed by atoms with Crippen LogP contribution in [0, 0.1) is 0 Å². The van der Waals surface area contributed by atoms with Crippen molar-refractivity contribution < 1.29 is 33.0 Å². The van der Waals surface area contributed by atoms with Crippen molar-refractivity contribution in [2.75, 3.05) is 19.7 Å². The Balaban J connectivity index is 1.36. The van der Waals surface area contributed by atoms with E-state index in [0.29, 0.717) is 12.8 Å². The highest BCUT2D eigenvalue weighted by atomic mass is 19.3. The molecule has 1 aliphatic rings. The monoisotopic (exact) mass is 446 g/mol. The molecule has 0 saturated heterocycles. The van der Waals surface area contributed by atoms with Crippen molar-refractivity contribution >= 4 is 18.0 Å². The van der Waals surface area contributed by atoms with E-state index in [1.165, 1.54) is 0 Å². The highest BCUT2D eigenvalue weighted by molar-refractivity contribution is 5.80. The number of carboxylic acids is 1. The van der Waals surface area contributed by atoms with E-state index in [4.69, 9.17) is 9.84 Å². The fourth-order valence-electron chi connectivity index (χ4n) is 3.62. The van der Waals surface area contributed by atoms with Crippen molar-refractivity contribution in [1.29, 1.82) is 0 Å². The molecule has 9 heteroatoms. The number of hydrogen-bond donors (Lipinski definition) is 3. The number of alkyl carbamates (subject to hydrolysis) is 1. The van der Waals surface area contributed by atoms with E-state index in [0.717, 1.165) is 22.3 Å². The molecule has 0 fully saturated rings. The summed E-state index contributed by atoms with van der Waals surface area (Å²) in [7, 11) is 0. The van der Waals surface area contributed by atoms with Crippen LogP contribution >= 0.6 is 0 Å². The number of unbranched alkanes of at least 4 members (excludes halogenated alkanes) is 1. The number of carbonyl (C=O) groups excluding carboxylic acids is 2. The molecule has 3 rings (SSSR count). The van der Waals surface area contributed by atoms with Crippen molar-refractivity contribution in [3.05, 3.63) is 59.7 Å². The molecule has 0 atom stereocenters. The van der Waals surface area contributed by atoms with Gasteiger partial charge in [-0.15, -0.1) is 0 Å². The second kappa shape index (κ2) is 10.2. The van der Waals surface area contributed by atoms with E-state index in [9.17, 15) is 23.2 Å². The Hall–Kier alpha value is -3.49. The minimum Gasteiger partial charge on any atom is -0.477 e. The number of alkyl halides is 2. The van der Waals surface area contributed by atoms with Gasteiger partial charge in [0.2, 0.25) is 5.91 Å². The van der Waals surface area contributed by atoms with E-state index in [1.807, 2.05) is 53.8 Å². The van der Waals surface area contributed by atoms with Gasteiger partial charge in [0.1, 0.15) is 6.61 Å². The number of amides is 2. The number of carbonyl (C=O) groups is 3. The number of ether oxygens (including phenoxy) is 1. The lowest BCUT2D eigenvalue weighted by molar-refractivity contribution is -0.164. The fraction of sp³-hybridized carbons (Fsp3) is 0.348. The van der Waals surface area contributed by atoms with Gasteiger partial charge < -0.3 is 20.5 Å². The molecule has 0 spiro atoms. The second-order valence-corrected chi connectivity index (χ2v) is 7.50. The summed E-state index contributed by atoms with van der Waals surface area (Å²) in [6.07, 6.45) is 0.153. The SMILES string of the molecule is O=C(CCCCNC(=O)OCC1c2ccccc2-c2ccccc21)NCC(F)(F)C(=O)O. The molecular formula is C23H24F2N2O5. The summed E-state index contributed by atoms with van der Waals surface area (Å²) in [4.78, 5) is 33.9. The minimum atomic E-state index is -4.00. The molecule has 0 unspecified atom stereocenters. The first-order chi connectivity index (χ1) is 15.3. The molecule has 0 heterocycles. The lowest BCUT2D eigenvalue weighted by atomic mass is 9.98. The van der Waals surface area contributed by atoms with Gasteiger partial charge in [-0.25, -0.2) is 9.59 Å². The number of aliphatic carboxylic acids is 1. The van der Waals surface area contributed by atoms with Crippen molar-refractivity contribution in [1.82, 2.24) is 10.6 Å². The Morgan fingerprint density at radius 1 is 0.938 bits per heavy atom. The first-order valence-corrected chi connectivity index (χ1v) is 10.3. The minimum absolute atomic E-state index is 0.0409. The molecule has 7 nitrogen and oxygen atoms in total. The van der Waals surface area contributed by atoms with Crippen LogP contribution in [0.2, 0.25) is 0 Å². The number of benzene rings is 2. The maximum atomic E-state index is 12.9. The maximum absolute atomic E-state index is 12.9. The van der Waals surface area contributed by atoms with E-state index in [2.05, 4.69) is 5.32 Å². The topological polar surface area (TPSA) is 105 Å². The molecule has 170 valence electrons. The number of rotatable bonds is 10. The quantitative estimate of drug-likeness (QED) is 0.485. The van der Waals surface area contributed by atoms with Crippen LogP contribution in [0.3, 0.4) is 0 Å². The average molecular weight is 446 g/mol. The lowest BCUT2D eigenvalue weighted by Crippen LogP contribution is -2.42. The summed E-state index contributed by atoms with van der Waals surface area (Å²) >= 11 is 0. The van der Waals surface area contributed by atoms with Gasteiger partial charge in [-0.2, -0.15) is 8.78 Å². The van der Waals surface area contributed by atoms with Crippen LogP contribution in [-0.4, -0.2) is 48.7 Å². The molecule has 2 amide bonds. The molecule has 1 aliphatic carbocycles. The Morgan fingerprint density at radius 3 is 2.12 bits per heavy atom. The van der Waals surface area contributed by atoms with Gasteiger partial charge in [-0.3, -0.25) is 4.79 Å². The highest BCUT2D eigenvalue weighted by Gasteiger charge is 2.38. The Kier molecular flexibility index (Phi) is 7.40. The van der Waals surface area contributed by atoms with Gasteiger partial charge in [0, 0.05) is 18.9 Å². The van der Waals surface area contributed by atoms with Gasteiger partial charge in [-0.1, -0.05) is 48.5 Å². The summed E-state index contributed by atoms with van der Waals surface area (Å²) in [5.41, 5.74) is 4.50. The van der Waals surface area contributed by atoms with Gasteiger partial charge in [0.15, 0.2) is 0 Å². The van der Waals surface area contributed by atoms with E-state index >= 15 is 0 Å². The van der Waals surface area contributed by atoms with Crippen molar-refractivity contribution in [3.8, 4) is 11.1 Å². The van der Waals surface area contributed by atoms with Gasteiger partial charge >= 0.3 is 18.0 Å². The first-order valence-electron chi connectivity index (χ1n) is 10.3. The van der Waals surface area contributed by atoms with Crippen molar-refractivity contribution in [2.24, 2.45) is 0 Å². The summed E-state index contributed by atoms with van der Waals surface area (Å²) in [6.45, 7) is -0.797. The van der Waals surface area contributed by atoms with Gasteiger partial charge in [0.05, 0.1) is 6.54 Å². The smallest absolute Gasteiger partial charge is 0.407 e. The van der Waals surface area contributed by atoms with Crippen LogP contribution in [0.15, 0.2) is 48.5 Å². The normalized spacial score (nSPS) is 12.6. The Morgan fingerprint density at radius 2 is 1.53 bits per heavy atom. The van der Waals surface area contributed by atoms with Gasteiger partial charge in [0.25, 0.3) is 0 Å². The maximum Gasteiger partial charge on any atom is 0.407 e. The molecule has 2 aromatic rings. The molecule has 0 aromatic heterocycles. The van der Waals surface area contributed by atoms with Gasteiger partial charge in [-0.05, 0) is 35.1 Å². The lowest BCUT2D eigenvalue weighted by Gasteiger charge is -2.14. The van der Waals surface area contributed by atoms with Crippen LogP contribution in [-0.2, 0) is 14.3 Å². The van der Waals surface area contributed by atoms with E-state index < -0.39 is 30.4 Å². The molecular weight excluding hydrogens is 422 g/mol. The van der Waals surface area contributed by atoms with Crippen molar-refractivity contribution in [2.45, 2.75) is 31.1 Å². The zero-order valence-electron chi connectivity index (χ0n) is 17.3. The van der Waals surface area contributed by atoms with Crippen LogP contribution in [0.5, 0.6) is 0 Å². The zero-order chi connectivity index (χ0) is 23.1. The van der Waals surface area contributed by atoms with E-state index in [-0.39, 0.29) is 25.5 Å². The Labute approximate surface area is 183 Å². The summed E-state index contributed by atoms with van der Waals surface area (Å²) in [6, 6.07) is 16.0. The molecule has 2 aromatic carbocycles. The zero-order valence-corrected chi connectivity index (χ0v) is 17.3. The number of hydrogen-bond acceptors (Lipinski definition) is 4. The highest BCUT2D eigenvalue weighted by Crippen LogP contribution is 2.44. The predicted molar refractivity (Wildman–Crippen MR) is 113 cm³/mol. The number of nitrogens with one attached hydrogen (secondary N) is 2. The fourth-order valence-corrected chi connectivity index (χ4v) is 3.62. The van der Waals surface area contributed by atoms with Crippen LogP contribution < -0.4 is 10.6 Å². The van der Waals surface area contributed by atoms with Crippen LogP contribution in [0.25, 0.3) is 11.1 Å². The third-order valence-corrected chi connectivity index (χ3v) is 5.26. The van der Waals surface area contributed by atoms with Crippen molar-refractivity contribution in [3.63, 3.8) is 0 Å². The third kappa shape index (κ3) is 5.60. The molecule has 0 aliphatic heterocycles. The largest absolute Gasteiger partial charge is 0.477 e. The molecule has 3 N–H and O–H groups in total. The van der Waals surface area contributed by atoms with Crippen LogP contribution in [0.4, 0.5) is 13.6 Å². The number of halogens is 2. The summed E-state index contributed by atoms with van der Waals surface area (Å²) < 4.78 is 31.2. The van der Waals surface area contributed by atoms with E-state index in [1.54, 1.807) is 0 Å². The predicted octanol–water partition coefficient (Wildman–Crippen LogP) is 3.53. The Bertz CT molecular complexity index is 950. The first kappa shape index (κ1) is 23.2. The third-order valence-electron chi connectivity index (χ3n) is 5.26. The summed E-state index contributed by atoms with van der Waals surface area (Å²) in [5, 5.41) is 12.8. The number of fused-ring (bicyclic) bond motifs is 3.